The van der Waals surface area contributed by atoms with Crippen molar-refractivity contribution in [2.24, 2.45) is 0 Å². The summed E-state index contributed by atoms with van der Waals surface area (Å²) in [4.78, 5) is 12.1. The Morgan fingerprint density at radius 1 is 0.957 bits per heavy atom. The van der Waals surface area contributed by atoms with Crippen molar-refractivity contribution in [1.82, 2.24) is 0 Å². The fourth-order valence-corrected chi connectivity index (χ4v) is 2.41. The van der Waals surface area contributed by atoms with Crippen LogP contribution in [0.2, 0.25) is 13.1 Å². The van der Waals surface area contributed by atoms with Gasteiger partial charge in [-0.25, -0.2) is 4.79 Å². The number of hydrogen-bond donors (Lipinski definition) is 0. The van der Waals surface area contributed by atoms with Gasteiger partial charge in [0, 0.05) is 7.11 Å². The van der Waals surface area contributed by atoms with E-state index in [0.29, 0.717) is 17.5 Å². The normalized spacial score (nSPS) is 11.1. The van der Waals surface area contributed by atoms with Gasteiger partial charge in [-0.1, -0.05) is 17.7 Å². The third-order valence-electron chi connectivity index (χ3n) is 3.46. The maximum absolute atomic E-state index is 12.1. The molecule has 0 amide bonds. The molecule has 23 heavy (non-hydrogen) atoms. The molecule has 0 saturated heterocycles. The van der Waals surface area contributed by atoms with E-state index in [9.17, 15) is 4.79 Å². The van der Waals surface area contributed by atoms with E-state index in [1.165, 1.54) is 0 Å². The first-order chi connectivity index (χ1) is 10.9. The Labute approximate surface area is 138 Å². The van der Waals surface area contributed by atoms with Crippen LogP contribution in [0.15, 0.2) is 48.5 Å². The van der Waals surface area contributed by atoms with Crippen molar-refractivity contribution >= 4 is 14.3 Å². The first-order valence-corrected chi connectivity index (χ1v) is 10.6. The summed E-state index contributed by atoms with van der Waals surface area (Å²) in [7, 11) is -0.0569. The number of carbonyl (C=O) groups is 1. The van der Waals surface area contributed by atoms with Crippen LogP contribution in [0.4, 0.5) is 0 Å². The molecular weight excluding hydrogens is 308 g/mol. The van der Waals surface area contributed by atoms with Gasteiger partial charge in [0.25, 0.3) is 0 Å². The summed E-state index contributed by atoms with van der Waals surface area (Å²) in [5.41, 5.74) is 1.61. The summed E-state index contributed by atoms with van der Waals surface area (Å²) < 4.78 is 16.5. The fourth-order valence-electron chi connectivity index (χ4n) is 1.78. The van der Waals surface area contributed by atoms with Gasteiger partial charge in [0.05, 0.1) is 5.56 Å². The van der Waals surface area contributed by atoms with Crippen LogP contribution in [0.25, 0.3) is 0 Å². The molecule has 4 nitrogen and oxygen atoms in total. The third-order valence-corrected chi connectivity index (χ3v) is 5.41. The van der Waals surface area contributed by atoms with Crippen molar-refractivity contribution in [3.63, 3.8) is 0 Å². The standard InChI is InChI=1S/C18H22O4Si/c1-14-5-9-17(10-6-14)22-18(19)15-7-11-16(12-8-15)21-13-23(3,4)20-2/h5-12H,13H2,1-4H3. The van der Waals surface area contributed by atoms with E-state index in [-0.39, 0.29) is 5.97 Å². The lowest BCUT2D eigenvalue weighted by Gasteiger charge is -2.20. The lowest BCUT2D eigenvalue weighted by atomic mass is 10.2. The number of benzene rings is 2. The van der Waals surface area contributed by atoms with Crippen LogP contribution in [-0.2, 0) is 4.43 Å². The van der Waals surface area contributed by atoms with Gasteiger partial charge in [-0.3, -0.25) is 0 Å². The molecule has 2 aromatic carbocycles. The topological polar surface area (TPSA) is 44.8 Å². The smallest absolute Gasteiger partial charge is 0.343 e. The average molecular weight is 330 g/mol. The minimum Gasteiger partial charge on any atom is -0.494 e. The molecule has 0 heterocycles. The van der Waals surface area contributed by atoms with Gasteiger partial charge in [-0.15, -0.1) is 0 Å². The van der Waals surface area contributed by atoms with E-state index in [1.54, 1.807) is 43.5 Å². The second-order valence-electron chi connectivity index (χ2n) is 5.98. The molecule has 0 aromatic heterocycles. The molecule has 0 radical (unpaired) electrons. The Kier molecular flexibility index (Phi) is 5.58. The molecule has 0 saturated carbocycles. The van der Waals surface area contributed by atoms with Crippen LogP contribution >= 0.6 is 0 Å². The number of aryl methyl sites for hydroxylation is 1. The number of hydrogen-bond acceptors (Lipinski definition) is 4. The molecule has 0 unspecified atom stereocenters. The zero-order chi connectivity index (χ0) is 16.9. The van der Waals surface area contributed by atoms with Gasteiger partial charge in [0.1, 0.15) is 17.7 Å². The van der Waals surface area contributed by atoms with Crippen molar-refractivity contribution in [2.45, 2.75) is 20.0 Å². The van der Waals surface area contributed by atoms with Gasteiger partial charge in [-0.2, -0.15) is 0 Å². The highest BCUT2D eigenvalue weighted by molar-refractivity contribution is 6.71. The molecule has 0 atom stereocenters. The zero-order valence-electron chi connectivity index (χ0n) is 14.0. The second-order valence-corrected chi connectivity index (χ2v) is 10.2. The molecule has 0 aliphatic rings. The summed E-state index contributed by atoms with van der Waals surface area (Å²) in [6.07, 6.45) is 0.566. The molecule has 0 bridgehead atoms. The lowest BCUT2D eigenvalue weighted by Crippen LogP contribution is -2.37. The van der Waals surface area contributed by atoms with E-state index in [1.807, 2.05) is 19.1 Å². The van der Waals surface area contributed by atoms with Gasteiger partial charge in [0.15, 0.2) is 0 Å². The molecule has 2 rings (SSSR count). The fraction of sp³-hybridized carbons (Fsp3) is 0.278. The highest BCUT2D eigenvalue weighted by atomic mass is 28.4. The van der Waals surface area contributed by atoms with E-state index >= 15 is 0 Å². The Hall–Kier alpha value is -2.11. The van der Waals surface area contributed by atoms with Gasteiger partial charge < -0.3 is 13.9 Å². The largest absolute Gasteiger partial charge is 0.494 e. The maximum Gasteiger partial charge on any atom is 0.343 e. The molecule has 0 spiro atoms. The first kappa shape index (κ1) is 17.2. The molecule has 122 valence electrons. The zero-order valence-corrected chi connectivity index (χ0v) is 15.0. The Bertz CT molecular complexity index is 648. The average Bonchev–Trinajstić information content (AvgIpc) is 2.55. The minimum absolute atomic E-state index is 0.382. The number of rotatable bonds is 6. The predicted octanol–water partition coefficient (Wildman–Crippen LogP) is 3.98. The van der Waals surface area contributed by atoms with Crippen LogP contribution in [0.5, 0.6) is 11.5 Å². The molecule has 0 fully saturated rings. The van der Waals surface area contributed by atoms with Crippen LogP contribution in [0, 0.1) is 6.92 Å². The van der Waals surface area contributed by atoms with Crippen molar-refractivity contribution in [2.75, 3.05) is 13.3 Å². The van der Waals surface area contributed by atoms with E-state index in [2.05, 4.69) is 13.1 Å². The SMILES string of the molecule is CO[Si](C)(C)COc1ccc(C(=O)Oc2ccc(C)cc2)cc1. The Balaban J connectivity index is 1.96. The Morgan fingerprint density at radius 2 is 1.52 bits per heavy atom. The van der Waals surface area contributed by atoms with Gasteiger partial charge in [-0.05, 0) is 56.4 Å². The van der Waals surface area contributed by atoms with Crippen molar-refractivity contribution in [1.29, 1.82) is 0 Å². The molecule has 5 heteroatoms. The van der Waals surface area contributed by atoms with Crippen molar-refractivity contribution in [3.05, 3.63) is 59.7 Å². The number of esters is 1. The summed E-state index contributed by atoms with van der Waals surface area (Å²) in [5, 5.41) is 0. The summed E-state index contributed by atoms with van der Waals surface area (Å²) >= 11 is 0. The summed E-state index contributed by atoms with van der Waals surface area (Å²) in [5.74, 6) is 0.871. The summed E-state index contributed by atoms with van der Waals surface area (Å²) in [6, 6.07) is 14.3. The van der Waals surface area contributed by atoms with E-state index in [0.717, 1.165) is 11.3 Å². The summed E-state index contributed by atoms with van der Waals surface area (Å²) in [6.45, 7) is 6.15. The number of carbonyl (C=O) groups excluding carboxylic acids is 1. The highest BCUT2D eigenvalue weighted by Crippen LogP contribution is 2.17. The van der Waals surface area contributed by atoms with Crippen LogP contribution < -0.4 is 9.47 Å². The predicted molar refractivity (Wildman–Crippen MR) is 92.6 cm³/mol. The van der Waals surface area contributed by atoms with Crippen LogP contribution in [-0.4, -0.2) is 27.6 Å². The van der Waals surface area contributed by atoms with Crippen molar-refractivity contribution < 1.29 is 18.7 Å². The van der Waals surface area contributed by atoms with Gasteiger partial charge in [0.2, 0.25) is 8.32 Å². The molecule has 0 aliphatic carbocycles. The third kappa shape index (κ3) is 5.23. The molecule has 0 N–H and O–H groups in total. The van der Waals surface area contributed by atoms with Crippen LogP contribution in [0.3, 0.4) is 0 Å². The quantitative estimate of drug-likeness (QED) is 0.456. The Morgan fingerprint density at radius 3 is 2.09 bits per heavy atom. The molecule has 2 aromatic rings. The van der Waals surface area contributed by atoms with E-state index in [4.69, 9.17) is 13.9 Å². The first-order valence-electron chi connectivity index (χ1n) is 7.46. The molecular formula is C18H22O4Si. The highest BCUT2D eigenvalue weighted by Gasteiger charge is 2.21. The van der Waals surface area contributed by atoms with Crippen LogP contribution in [0.1, 0.15) is 15.9 Å². The lowest BCUT2D eigenvalue weighted by molar-refractivity contribution is 0.0734. The second kappa shape index (κ2) is 7.44. The minimum atomic E-state index is -1.77. The number of ether oxygens (including phenoxy) is 2. The molecule has 0 aliphatic heterocycles. The maximum atomic E-state index is 12.1. The van der Waals surface area contributed by atoms with Gasteiger partial charge >= 0.3 is 5.97 Å². The van der Waals surface area contributed by atoms with Crippen molar-refractivity contribution in [3.8, 4) is 11.5 Å². The van der Waals surface area contributed by atoms with E-state index < -0.39 is 8.32 Å². The monoisotopic (exact) mass is 330 g/mol.